The predicted octanol–water partition coefficient (Wildman–Crippen LogP) is 0.236. The van der Waals surface area contributed by atoms with Gasteiger partial charge in [0.1, 0.15) is 5.82 Å². The Bertz CT molecular complexity index is 340. The van der Waals surface area contributed by atoms with Crippen LogP contribution in [-0.4, -0.2) is 31.5 Å². The van der Waals surface area contributed by atoms with Gasteiger partial charge in [0.05, 0.1) is 0 Å². The third kappa shape index (κ3) is 3.46. The molecule has 5 heteroatoms. The molecule has 1 aromatic rings. The lowest BCUT2D eigenvalue weighted by molar-refractivity contribution is -0.120. The van der Waals surface area contributed by atoms with Crippen LogP contribution in [0.1, 0.15) is 6.42 Å². The number of amides is 1. The van der Waals surface area contributed by atoms with Crippen molar-refractivity contribution < 1.29 is 4.79 Å². The zero-order valence-corrected chi connectivity index (χ0v) is 9.03. The summed E-state index contributed by atoms with van der Waals surface area (Å²) in [5, 5.41) is 2.58. The summed E-state index contributed by atoms with van der Waals surface area (Å²) >= 11 is 0. The average Bonchev–Trinajstić information content (AvgIpc) is 2.25. The van der Waals surface area contributed by atoms with Crippen molar-refractivity contribution in [3.63, 3.8) is 0 Å². The van der Waals surface area contributed by atoms with E-state index in [0.29, 0.717) is 18.8 Å². The van der Waals surface area contributed by atoms with Crippen LogP contribution in [0.25, 0.3) is 0 Å². The van der Waals surface area contributed by atoms with Crippen LogP contribution in [0.5, 0.6) is 0 Å². The summed E-state index contributed by atoms with van der Waals surface area (Å²) < 4.78 is 0. The molecule has 0 saturated carbocycles. The molecular formula is C10H16N4O. The number of rotatable bonds is 4. The molecule has 0 atom stereocenters. The normalized spacial score (nSPS) is 9.73. The summed E-state index contributed by atoms with van der Waals surface area (Å²) in [6.45, 7) is 0.656. The van der Waals surface area contributed by atoms with Gasteiger partial charge in [-0.25, -0.2) is 4.98 Å². The van der Waals surface area contributed by atoms with Crippen LogP contribution < -0.4 is 16.0 Å². The Morgan fingerprint density at radius 2 is 2.40 bits per heavy atom. The summed E-state index contributed by atoms with van der Waals surface area (Å²) in [5.74, 6) is 0.517. The first kappa shape index (κ1) is 11.3. The molecule has 1 aromatic heterocycles. The Kier molecular flexibility index (Phi) is 3.91. The van der Waals surface area contributed by atoms with Crippen LogP contribution in [0.2, 0.25) is 0 Å². The number of hydrogen-bond donors (Lipinski definition) is 2. The highest BCUT2D eigenvalue weighted by Gasteiger charge is 2.04. The van der Waals surface area contributed by atoms with Crippen molar-refractivity contribution in [2.45, 2.75) is 6.42 Å². The third-order valence-corrected chi connectivity index (χ3v) is 2.16. The van der Waals surface area contributed by atoms with Gasteiger partial charge in [0.15, 0.2) is 0 Å². The van der Waals surface area contributed by atoms with Crippen LogP contribution >= 0.6 is 0 Å². The Morgan fingerprint density at radius 1 is 1.67 bits per heavy atom. The van der Waals surface area contributed by atoms with Gasteiger partial charge >= 0.3 is 0 Å². The molecule has 1 heterocycles. The fraction of sp³-hybridized carbons (Fsp3) is 0.400. The number of pyridine rings is 1. The first-order valence-corrected chi connectivity index (χ1v) is 4.76. The number of nitrogen functional groups attached to an aromatic ring is 1. The molecule has 0 bridgehead atoms. The number of carbonyl (C=O) groups excluding carboxylic acids is 1. The molecule has 3 N–H and O–H groups in total. The molecular weight excluding hydrogens is 192 g/mol. The van der Waals surface area contributed by atoms with Gasteiger partial charge in [-0.05, 0) is 6.07 Å². The van der Waals surface area contributed by atoms with E-state index in [1.165, 1.54) is 0 Å². The van der Waals surface area contributed by atoms with Gasteiger partial charge < -0.3 is 16.0 Å². The lowest BCUT2D eigenvalue weighted by Crippen LogP contribution is -2.26. The van der Waals surface area contributed by atoms with Gasteiger partial charge in [0.25, 0.3) is 0 Å². The van der Waals surface area contributed by atoms with E-state index in [2.05, 4.69) is 10.3 Å². The zero-order valence-electron chi connectivity index (χ0n) is 9.03. The maximum atomic E-state index is 11.0. The number of carbonyl (C=O) groups is 1. The first-order chi connectivity index (χ1) is 7.13. The molecule has 5 nitrogen and oxygen atoms in total. The lowest BCUT2D eigenvalue weighted by atomic mass is 10.3. The van der Waals surface area contributed by atoms with Crippen LogP contribution in [0.15, 0.2) is 18.3 Å². The van der Waals surface area contributed by atoms with E-state index < -0.39 is 0 Å². The molecule has 0 saturated heterocycles. The van der Waals surface area contributed by atoms with Crippen LogP contribution in [0.4, 0.5) is 11.5 Å². The summed E-state index contributed by atoms with van der Waals surface area (Å²) in [5.41, 5.74) is 6.53. The Morgan fingerprint density at radius 3 is 3.00 bits per heavy atom. The molecule has 0 unspecified atom stereocenters. The molecule has 0 spiro atoms. The van der Waals surface area contributed by atoms with Crippen molar-refractivity contribution in [3.05, 3.63) is 18.3 Å². The first-order valence-electron chi connectivity index (χ1n) is 4.76. The van der Waals surface area contributed by atoms with E-state index in [-0.39, 0.29) is 5.91 Å². The average molecular weight is 208 g/mol. The van der Waals surface area contributed by atoms with E-state index in [9.17, 15) is 4.79 Å². The molecule has 0 aliphatic heterocycles. The number of nitrogens with zero attached hydrogens (tertiary/aromatic N) is 2. The fourth-order valence-electron chi connectivity index (χ4n) is 1.20. The number of anilines is 2. The van der Waals surface area contributed by atoms with Crippen molar-refractivity contribution in [1.29, 1.82) is 0 Å². The predicted molar refractivity (Wildman–Crippen MR) is 60.6 cm³/mol. The van der Waals surface area contributed by atoms with Gasteiger partial charge in [-0.2, -0.15) is 0 Å². The highest BCUT2D eigenvalue weighted by molar-refractivity contribution is 5.76. The molecule has 0 fully saturated rings. The topological polar surface area (TPSA) is 71.2 Å². The maximum absolute atomic E-state index is 11.0. The highest BCUT2D eigenvalue weighted by atomic mass is 16.1. The minimum atomic E-state index is 0.0314. The van der Waals surface area contributed by atoms with Crippen molar-refractivity contribution >= 4 is 17.4 Å². The molecule has 0 aromatic carbocycles. The Balaban J connectivity index is 2.53. The molecule has 0 radical (unpaired) electrons. The quantitative estimate of drug-likeness (QED) is 0.743. The lowest BCUT2D eigenvalue weighted by Gasteiger charge is -2.18. The zero-order chi connectivity index (χ0) is 11.3. The number of nitrogens with two attached hydrogens (primary N) is 1. The van der Waals surface area contributed by atoms with E-state index in [1.807, 2.05) is 18.0 Å². The van der Waals surface area contributed by atoms with E-state index in [0.717, 1.165) is 5.69 Å². The van der Waals surface area contributed by atoms with E-state index >= 15 is 0 Å². The van der Waals surface area contributed by atoms with Gasteiger partial charge in [-0.1, -0.05) is 0 Å². The van der Waals surface area contributed by atoms with Crippen molar-refractivity contribution in [2.75, 3.05) is 31.3 Å². The summed E-state index contributed by atoms with van der Waals surface area (Å²) in [4.78, 5) is 16.9. The number of hydrogen-bond acceptors (Lipinski definition) is 4. The maximum Gasteiger partial charge on any atom is 0.221 e. The smallest absolute Gasteiger partial charge is 0.221 e. The fourth-order valence-corrected chi connectivity index (χ4v) is 1.20. The minimum Gasteiger partial charge on any atom is -0.384 e. The highest BCUT2D eigenvalue weighted by Crippen LogP contribution is 2.13. The van der Waals surface area contributed by atoms with Crippen molar-refractivity contribution in [2.24, 2.45) is 0 Å². The van der Waals surface area contributed by atoms with Crippen LogP contribution in [0.3, 0.4) is 0 Å². The minimum absolute atomic E-state index is 0.0314. The monoisotopic (exact) mass is 208 g/mol. The summed E-state index contributed by atoms with van der Waals surface area (Å²) in [7, 11) is 3.55. The number of nitrogens with one attached hydrogen (secondary N) is 1. The third-order valence-electron chi connectivity index (χ3n) is 2.16. The Hall–Kier alpha value is -1.78. The summed E-state index contributed by atoms with van der Waals surface area (Å²) in [6, 6.07) is 3.64. The van der Waals surface area contributed by atoms with Crippen molar-refractivity contribution in [3.8, 4) is 0 Å². The van der Waals surface area contributed by atoms with E-state index in [4.69, 9.17) is 5.73 Å². The second-order valence-corrected chi connectivity index (χ2v) is 3.28. The molecule has 82 valence electrons. The SMILES string of the molecule is CNC(=O)CCN(C)c1ccnc(N)c1. The van der Waals surface area contributed by atoms with Gasteiger partial charge in [0, 0.05) is 45.0 Å². The molecule has 0 aliphatic carbocycles. The second kappa shape index (κ2) is 5.19. The number of aromatic nitrogens is 1. The van der Waals surface area contributed by atoms with Crippen LogP contribution in [0, 0.1) is 0 Å². The summed E-state index contributed by atoms with van der Waals surface area (Å²) in [6.07, 6.45) is 2.12. The largest absolute Gasteiger partial charge is 0.384 e. The van der Waals surface area contributed by atoms with Crippen molar-refractivity contribution in [1.82, 2.24) is 10.3 Å². The van der Waals surface area contributed by atoms with E-state index in [1.54, 1.807) is 19.3 Å². The second-order valence-electron chi connectivity index (χ2n) is 3.28. The van der Waals surface area contributed by atoms with Gasteiger partial charge in [-0.15, -0.1) is 0 Å². The van der Waals surface area contributed by atoms with Gasteiger partial charge in [0.2, 0.25) is 5.91 Å². The molecule has 1 rings (SSSR count). The van der Waals surface area contributed by atoms with Crippen LogP contribution in [-0.2, 0) is 4.79 Å². The molecule has 15 heavy (non-hydrogen) atoms. The molecule has 0 aliphatic rings. The Labute approximate surface area is 89.3 Å². The standard InChI is InChI=1S/C10H16N4O/c1-12-10(15)4-6-14(2)8-3-5-13-9(11)7-8/h3,5,7H,4,6H2,1-2H3,(H2,11,13)(H,12,15). The molecule has 1 amide bonds. The van der Waals surface area contributed by atoms with Gasteiger partial charge in [-0.3, -0.25) is 4.79 Å².